The molecule has 0 radical (unpaired) electrons. The highest BCUT2D eigenvalue weighted by atomic mass is 32.2. The fourth-order valence-corrected chi connectivity index (χ4v) is 3.41. The largest absolute Gasteiger partial charge is 0.502 e. The third-order valence-electron chi connectivity index (χ3n) is 3.92. The summed E-state index contributed by atoms with van der Waals surface area (Å²) in [6, 6.07) is 9.54. The van der Waals surface area contributed by atoms with Crippen molar-refractivity contribution >= 4 is 40.4 Å². The predicted molar refractivity (Wildman–Crippen MR) is 99.4 cm³/mol. The van der Waals surface area contributed by atoms with E-state index in [1.807, 2.05) is 0 Å². The molecule has 1 N–H and O–H groups in total. The van der Waals surface area contributed by atoms with Crippen LogP contribution in [0.5, 0.6) is 5.75 Å². The van der Waals surface area contributed by atoms with Crippen LogP contribution in [-0.2, 0) is 11.3 Å². The smallest absolute Gasteiger partial charge is 0.311 e. The van der Waals surface area contributed by atoms with Crippen LogP contribution in [0.1, 0.15) is 11.1 Å². The van der Waals surface area contributed by atoms with Gasteiger partial charge in [-0.05, 0) is 17.8 Å². The number of thioether (sulfide) groups is 1. The van der Waals surface area contributed by atoms with Crippen molar-refractivity contribution in [3.63, 3.8) is 0 Å². The Balaban J connectivity index is 1.91. The molecule has 142 valence electrons. The molecule has 10 nitrogen and oxygen atoms in total. The number of imide groups is 1. The molecule has 0 aromatic heterocycles. The molecule has 0 saturated carbocycles. The molecule has 2 aromatic carbocycles. The predicted octanol–water partition coefficient (Wildman–Crippen LogP) is 3.45. The van der Waals surface area contributed by atoms with Gasteiger partial charge in [0.25, 0.3) is 16.8 Å². The van der Waals surface area contributed by atoms with Crippen LogP contribution in [0, 0.1) is 20.2 Å². The number of carbonyl (C=O) groups is 2. The van der Waals surface area contributed by atoms with Crippen molar-refractivity contribution in [1.82, 2.24) is 4.90 Å². The zero-order valence-electron chi connectivity index (χ0n) is 14.0. The first-order valence-corrected chi connectivity index (χ1v) is 8.55. The van der Waals surface area contributed by atoms with E-state index in [2.05, 4.69) is 0 Å². The second-order valence-corrected chi connectivity index (χ2v) is 6.62. The summed E-state index contributed by atoms with van der Waals surface area (Å²) >= 11 is 0.581. The molecule has 0 aliphatic carbocycles. The lowest BCUT2D eigenvalue weighted by Gasteiger charge is -2.12. The summed E-state index contributed by atoms with van der Waals surface area (Å²) < 4.78 is 0. The van der Waals surface area contributed by atoms with Gasteiger partial charge in [-0.15, -0.1) is 0 Å². The van der Waals surface area contributed by atoms with Crippen molar-refractivity contribution < 1.29 is 24.5 Å². The van der Waals surface area contributed by atoms with Gasteiger partial charge in [-0.25, -0.2) is 0 Å². The fraction of sp³-hybridized carbons (Fsp3) is 0.0588. The molecule has 0 spiro atoms. The zero-order valence-corrected chi connectivity index (χ0v) is 14.8. The lowest BCUT2D eigenvalue weighted by molar-refractivity contribution is -0.386. The second kappa shape index (κ2) is 7.48. The van der Waals surface area contributed by atoms with E-state index >= 15 is 0 Å². The van der Waals surface area contributed by atoms with E-state index in [1.54, 1.807) is 6.07 Å². The van der Waals surface area contributed by atoms with E-state index in [0.29, 0.717) is 11.8 Å². The highest BCUT2D eigenvalue weighted by Crippen LogP contribution is 2.37. The maximum Gasteiger partial charge on any atom is 0.311 e. The molecular formula is C17H11N3O7S. The van der Waals surface area contributed by atoms with Crippen molar-refractivity contribution in [2.75, 3.05) is 0 Å². The lowest BCUT2D eigenvalue weighted by atomic mass is 10.1. The molecule has 11 heteroatoms. The molecule has 0 atom stereocenters. The number of nitro benzene ring substituents is 2. The minimum Gasteiger partial charge on any atom is -0.502 e. The number of phenols is 1. The number of rotatable bonds is 5. The normalized spacial score (nSPS) is 15.3. The van der Waals surface area contributed by atoms with E-state index in [0.717, 1.165) is 11.0 Å². The third-order valence-corrected chi connectivity index (χ3v) is 4.83. The first-order chi connectivity index (χ1) is 13.3. The van der Waals surface area contributed by atoms with E-state index in [4.69, 9.17) is 0 Å². The van der Waals surface area contributed by atoms with E-state index in [9.17, 15) is 34.9 Å². The van der Waals surface area contributed by atoms with Gasteiger partial charge in [0, 0.05) is 23.3 Å². The summed E-state index contributed by atoms with van der Waals surface area (Å²) in [5.41, 5.74) is -0.561. The minimum atomic E-state index is -0.771. The first kappa shape index (κ1) is 19.0. The average Bonchev–Trinajstić information content (AvgIpc) is 2.91. The van der Waals surface area contributed by atoms with Crippen molar-refractivity contribution in [3.05, 3.63) is 78.7 Å². The van der Waals surface area contributed by atoms with Crippen LogP contribution in [0.2, 0.25) is 0 Å². The first-order valence-electron chi connectivity index (χ1n) is 7.73. The summed E-state index contributed by atoms with van der Waals surface area (Å²) in [6.07, 6.45) is 1.17. The number of para-hydroxylation sites is 2. The Kier molecular flexibility index (Phi) is 5.09. The molecule has 1 aliphatic rings. The monoisotopic (exact) mass is 401 g/mol. The van der Waals surface area contributed by atoms with Crippen molar-refractivity contribution in [2.24, 2.45) is 0 Å². The number of nitrogens with zero attached hydrogens (tertiary/aromatic N) is 3. The molecule has 1 saturated heterocycles. The van der Waals surface area contributed by atoms with Crippen LogP contribution in [0.15, 0.2) is 47.4 Å². The van der Waals surface area contributed by atoms with Gasteiger partial charge in [-0.1, -0.05) is 30.3 Å². The Morgan fingerprint density at radius 3 is 2.32 bits per heavy atom. The van der Waals surface area contributed by atoms with E-state index in [1.165, 1.54) is 36.4 Å². The number of carbonyl (C=O) groups excluding carboxylic acids is 2. The van der Waals surface area contributed by atoms with Crippen molar-refractivity contribution in [2.45, 2.75) is 6.54 Å². The number of aromatic hydroxyl groups is 1. The summed E-state index contributed by atoms with van der Waals surface area (Å²) in [7, 11) is 0. The highest BCUT2D eigenvalue weighted by Gasteiger charge is 2.36. The Labute approximate surface area is 161 Å². The van der Waals surface area contributed by atoms with Crippen LogP contribution < -0.4 is 0 Å². The van der Waals surface area contributed by atoms with Crippen LogP contribution >= 0.6 is 11.8 Å². The number of benzene rings is 2. The minimum absolute atomic E-state index is 0.00499. The van der Waals surface area contributed by atoms with Crippen LogP contribution in [-0.4, -0.2) is 31.0 Å². The molecule has 2 amide bonds. The van der Waals surface area contributed by atoms with E-state index in [-0.39, 0.29) is 28.3 Å². The quantitative estimate of drug-likeness (QED) is 0.456. The van der Waals surface area contributed by atoms with Gasteiger partial charge >= 0.3 is 5.69 Å². The SMILES string of the molecule is O=C1S/C(=C\c2cccc([N+](=O)[O-])c2O)C(=O)N1Cc1ccccc1[N+](=O)[O-]. The van der Waals surface area contributed by atoms with Gasteiger partial charge < -0.3 is 5.11 Å². The second-order valence-electron chi connectivity index (χ2n) is 5.63. The van der Waals surface area contributed by atoms with Gasteiger partial charge in [-0.3, -0.25) is 34.7 Å². The molecule has 2 aromatic rings. The number of phenolic OH excluding ortho intramolecular Hbond substituents is 1. The Bertz CT molecular complexity index is 1050. The highest BCUT2D eigenvalue weighted by molar-refractivity contribution is 8.18. The van der Waals surface area contributed by atoms with Gasteiger partial charge in [0.2, 0.25) is 5.75 Å². The van der Waals surface area contributed by atoms with Crippen LogP contribution in [0.4, 0.5) is 16.2 Å². The van der Waals surface area contributed by atoms with Gasteiger partial charge in [0.15, 0.2) is 0 Å². The van der Waals surface area contributed by atoms with Crippen LogP contribution in [0.25, 0.3) is 6.08 Å². The molecule has 3 rings (SSSR count). The van der Waals surface area contributed by atoms with Crippen molar-refractivity contribution in [1.29, 1.82) is 0 Å². The number of hydrogen-bond acceptors (Lipinski definition) is 8. The summed E-state index contributed by atoms with van der Waals surface area (Å²) in [4.78, 5) is 46.2. The number of amides is 2. The van der Waals surface area contributed by atoms with Gasteiger partial charge in [-0.2, -0.15) is 0 Å². The summed E-state index contributed by atoms with van der Waals surface area (Å²) in [5.74, 6) is -1.34. The molecule has 1 aliphatic heterocycles. The molecule has 1 fully saturated rings. The van der Waals surface area contributed by atoms with Crippen LogP contribution in [0.3, 0.4) is 0 Å². The summed E-state index contributed by atoms with van der Waals surface area (Å²) in [6.45, 7) is -0.292. The lowest BCUT2D eigenvalue weighted by Crippen LogP contribution is -2.27. The summed E-state index contributed by atoms with van der Waals surface area (Å²) in [5, 5.41) is 31.4. The van der Waals surface area contributed by atoms with Gasteiger partial charge in [0.05, 0.1) is 21.3 Å². The average molecular weight is 401 g/mol. The van der Waals surface area contributed by atoms with E-state index < -0.39 is 32.4 Å². The van der Waals surface area contributed by atoms with Crippen molar-refractivity contribution in [3.8, 4) is 5.75 Å². The Hall–Kier alpha value is -3.73. The Morgan fingerprint density at radius 1 is 1.00 bits per heavy atom. The maximum atomic E-state index is 12.6. The molecule has 0 unspecified atom stereocenters. The fourth-order valence-electron chi connectivity index (χ4n) is 2.58. The molecular weight excluding hydrogens is 390 g/mol. The number of hydrogen-bond donors (Lipinski definition) is 1. The molecule has 0 bridgehead atoms. The maximum absolute atomic E-state index is 12.6. The topological polar surface area (TPSA) is 144 Å². The molecule has 1 heterocycles. The standard InChI is InChI=1S/C17H11N3O7S/c21-15-10(5-3-7-13(15)20(26)27)8-14-16(22)18(17(23)28-14)9-11-4-1-2-6-12(11)19(24)25/h1-8,21H,9H2/b14-8-. The third kappa shape index (κ3) is 3.55. The Morgan fingerprint density at radius 2 is 1.64 bits per heavy atom. The zero-order chi connectivity index (χ0) is 20.4. The molecule has 28 heavy (non-hydrogen) atoms. The number of nitro groups is 2. The van der Waals surface area contributed by atoms with Gasteiger partial charge in [0.1, 0.15) is 0 Å².